The van der Waals surface area contributed by atoms with Gasteiger partial charge in [-0.3, -0.25) is 9.59 Å². The number of ether oxygens (including phenoxy) is 1. The summed E-state index contributed by atoms with van der Waals surface area (Å²) >= 11 is 0. The lowest BCUT2D eigenvalue weighted by atomic mass is 10.00. The molecule has 2 atom stereocenters. The lowest BCUT2D eigenvalue weighted by Gasteiger charge is -2.19. The molecule has 148 valence electrons. The summed E-state index contributed by atoms with van der Waals surface area (Å²) in [6.07, 6.45) is 11.5. The third-order valence-corrected chi connectivity index (χ3v) is 5.04. The number of H-pyrrole nitrogens is 1. The van der Waals surface area contributed by atoms with Crippen LogP contribution < -0.4 is 10.1 Å². The average molecular weight is 380 g/mol. The lowest BCUT2D eigenvalue weighted by Crippen LogP contribution is -2.43. The Hall–Kier alpha value is -2.82. The molecule has 0 saturated carbocycles. The van der Waals surface area contributed by atoms with E-state index < -0.39 is 6.04 Å². The Bertz CT molecular complexity index is 908. The van der Waals surface area contributed by atoms with Crippen LogP contribution in [0.4, 0.5) is 0 Å². The monoisotopic (exact) mass is 380 g/mol. The molecule has 0 fully saturated rings. The number of nitrogens with one attached hydrogen (secondary N) is 2. The van der Waals surface area contributed by atoms with Gasteiger partial charge in [0.15, 0.2) is 5.78 Å². The molecule has 0 spiro atoms. The molecule has 3 rings (SSSR count). The number of carbonyl (C=O) groups excluding carboxylic acids is 2. The first-order chi connectivity index (χ1) is 13.4. The van der Waals surface area contributed by atoms with Gasteiger partial charge >= 0.3 is 0 Å². The molecule has 1 unspecified atom stereocenters. The highest BCUT2D eigenvalue weighted by Gasteiger charge is 2.21. The maximum absolute atomic E-state index is 12.5. The lowest BCUT2D eigenvalue weighted by molar-refractivity contribution is -0.127. The van der Waals surface area contributed by atoms with Crippen molar-refractivity contribution < 1.29 is 14.3 Å². The molecule has 1 aliphatic carbocycles. The normalized spacial score (nSPS) is 17.1. The largest absolute Gasteiger partial charge is 0.493 e. The average Bonchev–Trinajstić information content (AvgIpc) is 3.07. The van der Waals surface area contributed by atoms with E-state index >= 15 is 0 Å². The molecule has 1 aromatic carbocycles. The Morgan fingerprint density at radius 2 is 2.11 bits per heavy atom. The zero-order valence-electron chi connectivity index (χ0n) is 16.7. The van der Waals surface area contributed by atoms with E-state index in [1.165, 1.54) is 6.92 Å². The van der Waals surface area contributed by atoms with Crippen LogP contribution in [0.15, 0.2) is 48.7 Å². The Morgan fingerprint density at radius 3 is 2.79 bits per heavy atom. The number of aromatic nitrogens is 1. The van der Waals surface area contributed by atoms with E-state index in [0.717, 1.165) is 28.6 Å². The number of hydrogen-bond acceptors (Lipinski definition) is 3. The molecule has 0 bridgehead atoms. The molecular formula is C23H28N2O3. The minimum Gasteiger partial charge on any atom is -0.493 e. The van der Waals surface area contributed by atoms with Crippen LogP contribution in [-0.2, 0) is 16.0 Å². The first-order valence-electron chi connectivity index (χ1n) is 9.80. The van der Waals surface area contributed by atoms with E-state index in [4.69, 9.17) is 4.74 Å². The first-order valence-corrected chi connectivity index (χ1v) is 9.80. The van der Waals surface area contributed by atoms with E-state index in [0.29, 0.717) is 12.5 Å². The molecule has 5 heteroatoms. The molecule has 1 amide bonds. The van der Waals surface area contributed by atoms with Crippen LogP contribution >= 0.6 is 0 Å². The highest BCUT2D eigenvalue weighted by molar-refractivity contribution is 5.92. The van der Waals surface area contributed by atoms with E-state index in [2.05, 4.69) is 34.6 Å². The van der Waals surface area contributed by atoms with Crippen molar-refractivity contribution >= 4 is 22.6 Å². The number of rotatable bonds is 8. The third kappa shape index (κ3) is 4.91. The summed E-state index contributed by atoms with van der Waals surface area (Å²) in [6, 6.07) is 5.43. The summed E-state index contributed by atoms with van der Waals surface area (Å²) in [5, 5.41) is 3.82. The maximum atomic E-state index is 12.5. The highest BCUT2D eigenvalue weighted by Crippen LogP contribution is 2.25. The van der Waals surface area contributed by atoms with Crippen molar-refractivity contribution in [3.63, 3.8) is 0 Å². The zero-order valence-corrected chi connectivity index (χ0v) is 16.7. The van der Waals surface area contributed by atoms with Gasteiger partial charge in [0.05, 0.1) is 19.1 Å². The zero-order chi connectivity index (χ0) is 20.1. The van der Waals surface area contributed by atoms with Crippen molar-refractivity contribution in [3.05, 3.63) is 54.3 Å². The molecule has 5 nitrogen and oxygen atoms in total. The molecular weight excluding hydrogens is 352 g/mol. The Balaban J connectivity index is 1.68. The van der Waals surface area contributed by atoms with Crippen LogP contribution in [0, 0.1) is 11.8 Å². The standard InChI is InChI=1S/C23H28N2O3/c1-15(2)23(16(3)26)25-22(27)11-18-13-24-21-10-9-19(12-20(18)21)28-14-17-7-5-4-6-8-17/h4-7,9-10,12-13,15,17,23-24H,8,11,14H2,1-3H3,(H,25,27)/t17?,23-/m0/s1. The second-order valence-electron chi connectivity index (χ2n) is 7.72. The van der Waals surface area contributed by atoms with Crippen LogP contribution in [0.25, 0.3) is 10.9 Å². The van der Waals surface area contributed by atoms with Crippen LogP contribution in [-0.4, -0.2) is 29.3 Å². The molecule has 1 aromatic heterocycles. The van der Waals surface area contributed by atoms with Gasteiger partial charge < -0.3 is 15.0 Å². The minimum absolute atomic E-state index is 0.0235. The van der Waals surface area contributed by atoms with Crippen molar-refractivity contribution in [1.82, 2.24) is 10.3 Å². The molecule has 1 heterocycles. The Labute approximate surface area is 165 Å². The second-order valence-corrected chi connectivity index (χ2v) is 7.72. The van der Waals surface area contributed by atoms with E-state index in [1.54, 1.807) is 0 Å². The summed E-state index contributed by atoms with van der Waals surface area (Å²) in [4.78, 5) is 27.4. The molecule has 0 radical (unpaired) electrons. The van der Waals surface area contributed by atoms with E-state index in [-0.39, 0.29) is 24.0 Å². The predicted octanol–water partition coefficient (Wildman–Crippen LogP) is 3.95. The number of amides is 1. The number of allylic oxidation sites excluding steroid dienone is 3. The van der Waals surface area contributed by atoms with Crippen LogP contribution in [0.1, 0.15) is 32.8 Å². The van der Waals surface area contributed by atoms with Gasteiger partial charge in [-0.25, -0.2) is 0 Å². The summed E-state index contributed by atoms with van der Waals surface area (Å²) in [5.74, 6) is 1.06. The van der Waals surface area contributed by atoms with Crippen molar-refractivity contribution in [2.24, 2.45) is 11.8 Å². The fraction of sp³-hybridized carbons (Fsp3) is 0.391. The summed E-state index contributed by atoms with van der Waals surface area (Å²) < 4.78 is 5.97. The van der Waals surface area contributed by atoms with Gasteiger partial charge in [0.2, 0.25) is 5.91 Å². The Kier molecular flexibility index (Phi) is 6.34. The summed E-state index contributed by atoms with van der Waals surface area (Å²) in [7, 11) is 0. The number of aromatic amines is 1. The number of Topliss-reactive ketones (excluding diaryl/α,β-unsaturated/α-hetero) is 1. The molecule has 2 aromatic rings. The van der Waals surface area contributed by atoms with Gasteiger partial charge in [-0.05, 0) is 43.0 Å². The van der Waals surface area contributed by atoms with Crippen molar-refractivity contribution in [1.29, 1.82) is 0 Å². The smallest absolute Gasteiger partial charge is 0.225 e. The van der Waals surface area contributed by atoms with Gasteiger partial charge in [0.25, 0.3) is 0 Å². The fourth-order valence-corrected chi connectivity index (χ4v) is 3.49. The van der Waals surface area contributed by atoms with Crippen LogP contribution in [0.3, 0.4) is 0 Å². The SMILES string of the molecule is CC(=O)[C@@H](NC(=O)Cc1c[nH]c2ccc(OCC3C=CC=CC3)cc12)C(C)C. The summed E-state index contributed by atoms with van der Waals surface area (Å²) in [6.45, 7) is 6.00. The molecule has 1 aliphatic rings. The van der Waals surface area contributed by atoms with Gasteiger partial charge in [0.1, 0.15) is 5.75 Å². The minimum atomic E-state index is -0.450. The predicted molar refractivity (Wildman–Crippen MR) is 111 cm³/mol. The molecule has 0 aliphatic heterocycles. The number of ketones is 1. The van der Waals surface area contributed by atoms with Crippen molar-refractivity contribution in [2.75, 3.05) is 6.61 Å². The second kappa shape index (κ2) is 8.91. The van der Waals surface area contributed by atoms with Crippen molar-refractivity contribution in [2.45, 2.75) is 39.7 Å². The van der Waals surface area contributed by atoms with Gasteiger partial charge in [-0.1, -0.05) is 38.2 Å². The van der Waals surface area contributed by atoms with E-state index in [9.17, 15) is 9.59 Å². The Morgan fingerprint density at radius 1 is 1.29 bits per heavy atom. The topological polar surface area (TPSA) is 71.2 Å². The molecule has 28 heavy (non-hydrogen) atoms. The van der Waals surface area contributed by atoms with Crippen LogP contribution in [0.2, 0.25) is 0 Å². The van der Waals surface area contributed by atoms with Gasteiger partial charge in [0, 0.05) is 23.0 Å². The maximum Gasteiger partial charge on any atom is 0.225 e. The van der Waals surface area contributed by atoms with Gasteiger partial charge in [-0.2, -0.15) is 0 Å². The molecule has 2 N–H and O–H groups in total. The highest BCUT2D eigenvalue weighted by atomic mass is 16.5. The van der Waals surface area contributed by atoms with Crippen LogP contribution in [0.5, 0.6) is 5.75 Å². The quantitative estimate of drug-likeness (QED) is 0.728. The van der Waals surface area contributed by atoms with Gasteiger partial charge in [-0.15, -0.1) is 0 Å². The fourth-order valence-electron chi connectivity index (χ4n) is 3.49. The number of benzene rings is 1. The molecule has 0 saturated heterocycles. The number of fused-ring (bicyclic) bond motifs is 1. The number of hydrogen-bond donors (Lipinski definition) is 2. The van der Waals surface area contributed by atoms with Crippen molar-refractivity contribution in [3.8, 4) is 5.75 Å². The van der Waals surface area contributed by atoms with E-state index in [1.807, 2.05) is 38.2 Å². The summed E-state index contributed by atoms with van der Waals surface area (Å²) in [5.41, 5.74) is 1.85. The third-order valence-electron chi connectivity index (χ3n) is 5.04. The number of carbonyl (C=O) groups is 2. The first kappa shape index (κ1) is 19.9.